The van der Waals surface area contributed by atoms with Gasteiger partial charge in [0.15, 0.2) is 5.01 Å². The van der Waals surface area contributed by atoms with Gasteiger partial charge in [0.05, 0.1) is 0 Å². The predicted octanol–water partition coefficient (Wildman–Crippen LogP) is 2.56. The van der Waals surface area contributed by atoms with Crippen molar-refractivity contribution in [3.05, 3.63) is 24.4 Å². The number of piperidine rings is 1. The van der Waals surface area contributed by atoms with Crippen molar-refractivity contribution in [1.82, 2.24) is 20.5 Å². The molecule has 0 bridgehead atoms. The lowest BCUT2D eigenvalue weighted by Gasteiger charge is -2.27. The monoisotopic (exact) mass is 331 g/mol. The molecule has 0 radical (unpaired) electrons. The molecule has 1 aliphatic rings. The first-order valence-corrected chi connectivity index (χ1v) is 8.79. The number of pyridine rings is 1. The third kappa shape index (κ3) is 4.33. The maximum absolute atomic E-state index is 12.2. The summed E-state index contributed by atoms with van der Waals surface area (Å²) in [5, 5.41) is 15.6. The van der Waals surface area contributed by atoms with Crippen LogP contribution in [0.15, 0.2) is 24.4 Å². The van der Waals surface area contributed by atoms with Crippen LogP contribution in [-0.4, -0.2) is 34.2 Å². The molecule has 0 spiro atoms. The Morgan fingerprint density at radius 1 is 1.48 bits per heavy atom. The molecule has 0 aromatic carbocycles. The van der Waals surface area contributed by atoms with Crippen molar-refractivity contribution in [1.29, 1.82) is 0 Å². The highest BCUT2D eigenvalue weighted by molar-refractivity contribution is 7.18. The van der Waals surface area contributed by atoms with E-state index < -0.39 is 0 Å². The van der Waals surface area contributed by atoms with Crippen LogP contribution in [0.2, 0.25) is 0 Å². The van der Waals surface area contributed by atoms with Crippen molar-refractivity contribution in [3.63, 3.8) is 0 Å². The zero-order valence-corrected chi connectivity index (χ0v) is 14.0. The molecule has 3 rings (SSSR count). The molecule has 1 aliphatic heterocycles. The Balaban J connectivity index is 1.55. The van der Waals surface area contributed by atoms with Crippen molar-refractivity contribution >= 4 is 22.4 Å². The first-order chi connectivity index (χ1) is 11.2. The summed E-state index contributed by atoms with van der Waals surface area (Å²) < 4.78 is 0. The summed E-state index contributed by atoms with van der Waals surface area (Å²) in [4.78, 5) is 16.4. The Labute approximate surface area is 139 Å². The maximum atomic E-state index is 12.2. The van der Waals surface area contributed by atoms with Crippen LogP contribution in [0.25, 0.3) is 10.7 Å². The van der Waals surface area contributed by atoms with Crippen molar-refractivity contribution in [2.45, 2.75) is 26.2 Å². The lowest BCUT2D eigenvalue weighted by molar-refractivity contribution is -0.117. The van der Waals surface area contributed by atoms with Crippen molar-refractivity contribution in [2.75, 3.05) is 18.4 Å². The fourth-order valence-electron chi connectivity index (χ4n) is 2.86. The van der Waals surface area contributed by atoms with E-state index in [2.05, 4.69) is 32.7 Å². The highest BCUT2D eigenvalue weighted by Gasteiger charge is 2.22. The van der Waals surface area contributed by atoms with E-state index in [1.165, 1.54) is 24.2 Å². The molecule has 3 heterocycles. The summed E-state index contributed by atoms with van der Waals surface area (Å²) in [6, 6.07) is 5.64. The second kappa shape index (κ2) is 7.61. The molecule has 2 atom stereocenters. The molecule has 1 amide bonds. The Morgan fingerprint density at radius 2 is 2.39 bits per heavy atom. The van der Waals surface area contributed by atoms with Gasteiger partial charge in [-0.1, -0.05) is 24.3 Å². The first kappa shape index (κ1) is 16.0. The highest BCUT2D eigenvalue weighted by Crippen LogP contribution is 2.26. The summed E-state index contributed by atoms with van der Waals surface area (Å²) >= 11 is 1.35. The normalized spacial score (nSPS) is 19.3. The van der Waals surface area contributed by atoms with Crippen molar-refractivity contribution < 1.29 is 4.79 Å². The van der Waals surface area contributed by atoms with E-state index in [0.29, 0.717) is 28.4 Å². The van der Waals surface area contributed by atoms with Crippen molar-refractivity contribution in [3.8, 4) is 10.7 Å². The van der Waals surface area contributed by atoms with Gasteiger partial charge in [-0.05, 0) is 49.9 Å². The number of carbonyl (C=O) groups excluding carboxylic acids is 1. The van der Waals surface area contributed by atoms with E-state index in [-0.39, 0.29) is 5.91 Å². The number of aromatic nitrogens is 3. The zero-order chi connectivity index (χ0) is 16.1. The molecule has 2 aromatic heterocycles. The average molecular weight is 331 g/mol. The number of hydrogen-bond acceptors (Lipinski definition) is 6. The number of amides is 1. The second-order valence-electron chi connectivity index (χ2n) is 5.96. The lowest BCUT2D eigenvalue weighted by atomic mass is 9.85. The Hall–Kier alpha value is -1.86. The quantitative estimate of drug-likeness (QED) is 0.880. The molecule has 7 heteroatoms. The minimum Gasteiger partial charge on any atom is -0.316 e. The molecule has 23 heavy (non-hydrogen) atoms. The minimum atomic E-state index is 0.00629. The number of nitrogens with zero attached hydrogens (tertiary/aromatic N) is 3. The summed E-state index contributed by atoms with van der Waals surface area (Å²) in [6.07, 6.45) is 4.63. The van der Waals surface area contributed by atoms with Gasteiger partial charge < -0.3 is 10.6 Å². The number of anilines is 1. The average Bonchev–Trinajstić information content (AvgIpc) is 3.04. The molecule has 0 saturated carbocycles. The molecule has 1 fully saturated rings. The Kier molecular flexibility index (Phi) is 5.30. The van der Waals surface area contributed by atoms with Crippen LogP contribution < -0.4 is 10.6 Å². The molecule has 1 saturated heterocycles. The Bertz CT molecular complexity index is 639. The summed E-state index contributed by atoms with van der Waals surface area (Å²) in [6.45, 7) is 4.25. The van der Waals surface area contributed by atoms with Crippen LogP contribution in [-0.2, 0) is 4.79 Å². The first-order valence-electron chi connectivity index (χ1n) is 7.98. The minimum absolute atomic E-state index is 0.00629. The van der Waals surface area contributed by atoms with E-state index in [0.717, 1.165) is 18.8 Å². The van der Waals surface area contributed by atoms with Gasteiger partial charge in [0.25, 0.3) is 0 Å². The Morgan fingerprint density at radius 3 is 3.13 bits per heavy atom. The van der Waals surface area contributed by atoms with Gasteiger partial charge in [-0.2, -0.15) is 0 Å². The van der Waals surface area contributed by atoms with Gasteiger partial charge in [0.2, 0.25) is 11.0 Å². The molecule has 2 unspecified atom stereocenters. The number of carbonyl (C=O) groups is 1. The molecule has 6 nitrogen and oxygen atoms in total. The van der Waals surface area contributed by atoms with Gasteiger partial charge in [-0.25, -0.2) is 0 Å². The van der Waals surface area contributed by atoms with E-state index in [1.54, 1.807) is 6.20 Å². The number of nitrogens with one attached hydrogen (secondary N) is 2. The zero-order valence-electron chi connectivity index (χ0n) is 13.2. The topological polar surface area (TPSA) is 79.8 Å². The third-order valence-corrected chi connectivity index (χ3v) is 5.06. The van der Waals surface area contributed by atoms with Crippen LogP contribution in [0.5, 0.6) is 0 Å². The van der Waals surface area contributed by atoms with Gasteiger partial charge in [-0.3, -0.25) is 9.78 Å². The van der Waals surface area contributed by atoms with Crippen LogP contribution in [0, 0.1) is 11.8 Å². The van der Waals surface area contributed by atoms with Crippen LogP contribution in [0.4, 0.5) is 5.13 Å². The fourth-order valence-corrected chi connectivity index (χ4v) is 3.60. The lowest BCUT2D eigenvalue weighted by Crippen LogP contribution is -2.34. The van der Waals surface area contributed by atoms with Crippen molar-refractivity contribution in [2.24, 2.45) is 11.8 Å². The predicted molar refractivity (Wildman–Crippen MR) is 91.1 cm³/mol. The van der Waals surface area contributed by atoms with Gasteiger partial charge >= 0.3 is 0 Å². The van der Waals surface area contributed by atoms with Gasteiger partial charge in [0, 0.05) is 12.6 Å². The molecular weight excluding hydrogens is 310 g/mol. The van der Waals surface area contributed by atoms with Crippen LogP contribution in [0.3, 0.4) is 0 Å². The van der Waals surface area contributed by atoms with E-state index in [4.69, 9.17) is 0 Å². The SMILES string of the molecule is CC(CC(=O)Nc1nnc(-c2ccccn2)s1)C1CCCNC1. The van der Waals surface area contributed by atoms with Crippen LogP contribution >= 0.6 is 11.3 Å². The molecule has 122 valence electrons. The smallest absolute Gasteiger partial charge is 0.226 e. The third-order valence-electron chi connectivity index (χ3n) is 4.20. The van der Waals surface area contributed by atoms with E-state index in [9.17, 15) is 4.79 Å². The fraction of sp³-hybridized carbons (Fsp3) is 0.500. The maximum Gasteiger partial charge on any atom is 0.226 e. The number of rotatable bonds is 5. The van der Waals surface area contributed by atoms with E-state index in [1.807, 2.05) is 18.2 Å². The van der Waals surface area contributed by atoms with Gasteiger partial charge in [-0.15, -0.1) is 10.2 Å². The van der Waals surface area contributed by atoms with Crippen LogP contribution in [0.1, 0.15) is 26.2 Å². The molecule has 2 aromatic rings. The van der Waals surface area contributed by atoms with E-state index >= 15 is 0 Å². The molecular formula is C16H21N5OS. The largest absolute Gasteiger partial charge is 0.316 e. The van der Waals surface area contributed by atoms with Gasteiger partial charge in [0.1, 0.15) is 5.69 Å². The summed E-state index contributed by atoms with van der Waals surface area (Å²) in [5.74, 6) is 0.950. The standard InChI is InChI=1S/C16H21N5OS/c1-11(12-5-4-7-17-10-12)9-14(22)19-16-21-20-15(23-16)13-6-2-3-8-18-13/h2-3,6,8,11-12,17H,4-5,7,9-10H2,1H3,(H,19,21,22). The summed E-state index contributed by atoms with van der Waals surface area (Å²) in [5.41, 5.74) is 0.771. The second-order valence-corrected chi connectivity index (χ2v) is 6.94. The molecule has 0 aliphatic carbocycles. The highest BCUT2D eigenvalue weighted by atomic mass is 32.1. The molecule has 2 N–H and O–H groups in total. The summed E-state index contributed by atoms with van der Waals surface area (Å²) in [7, 11) is 0. The number of hydrogen-bond donors (Lipinski definition) is 2.